The van der Waals surface area contributed by atoms with E-state index in [1.54, 1.807) is 0 Å². The van der Waals surface area contributed by atoms with E-state index < -0.39 is 0 Å². The van der Waals surface area contributed by atoms with Crippen LogP contribution in [0.15, 0.2) is 0 Å². The molecule has 0 spiro atoms. The van der Waals surface area contributed by atoms with Crippen LogP contribution in [-0.2, 0) is 14.4 Å². The number of aliphatic hydroxyl groups is 2. The van der Waals surface area contributed by atoms with Gasteiger partial charge >= 0.3 is 0 Å². The molecule has 0 aliphatic carbocycles. The first-order chi connectivity index (χ1) is 9.51. The number of rotatable bonds is 5. The van der Waals surface area contributed by atoms with Crippen molar-refractivity contribution in [1.29, 1.82) is 0 Å². The normalized spacial score (nSPS) is 12.8. The van der Waals surface area contributed by atoms with E-state index in [4.69, 9.17) is 21.7 Å². The van der Waals surface area contributed by atoms with Crippen molar-refractivity contribution in [2.24, 2.45) is 11.5 Å². The van der Waals surface area contributed by atoms with Crippen LogP contribution >= 0.6 is 0 Å². The maximum atomic E-state index is 10.4. The number of carbonyl (C=O) groups is 3. The zero-order valence-electron chi connectivity index (χ0n) is 11.6. The monoisotopic (exact) mass is 307 g/mol. The number of hydrogen-bond donors (Lipinski definition) is 5. The first kappa shape index (κ1) is 24.7. The number of ketones is 2. The van der Waals surface area contributed by atoms with Gasteiger partial charge in [-0.05, 0) is 6.42 Å². The first-order valence-corrected chi connectivity index (χ1v) is 6.43. The number of hydrogen-bond acceptors (Lipinski definition) is 7. The van der Waals surface area contributed by atoms with Crippen LogP contribution in [0.1, 0.15) is 33.1 Å². The quantitative estimate of drug-likeness (QED) is 0.406. The molecule has 1 aliphatic rings. The molecule has 1 heterocycles. The highest BCUT2D eigenvalue weighted by molar-refractivity contribution is 5.92. The molecule has 1 saturated heterocycles. The second kappa shape index (κ2) is 18.7. The zero-order valence-corrected chi connectivity index (χ0v) is 11.6. The molecule has 7 N–H and O–H groups in total. The van der Waals surface area contributed by atoms with Gasteiger partial charge in [0.2, 0.25) is 5.91 Å². The fraction of sp³-hybridized carbons (Fsp3) is 0.769. The summed E-state index contributed by atoms with van der Waals surface area (Å²) >= 11 is 0. The molecule has 0 unspecified atom stereocenters. The molecular formula is C13H29N3O5. The molecule has 0 atom stereocenters. The van der Waals surface area contributed by atoms with Crippen LogP contribution < -0.4 is 16.8 Å². The lowest BCUT2D eigenvalue weighted by Gasteiger charge is -2.08. The molecule has 0 aromatic rings. The smallest absolute Gasteiger partial charge is 0.220 e. The third-order valence-electron chi connectivity index (χ3n) is 2.08. The minimum absolute atomic E-state index is 0. The SMILES string of the molecule is C.NCC(=O)CCCO.NCCO.O=C1CCC(=O)NC1. The molecule has 1 rings (SSSR count). The van der Waals surface area contributed by atoms with Crippen LogP contribution in [0, 0.1) is 0 Å². The van der Waals surface area contributed by atoms with Gasteiger partial charge in [-0.2, -0.15) is 0 Å². The third kappa shape index (κ3) is 21.1. The van der Waals surface area contributed by atoms with E-state index in [1.165, 1.54) is 0 Å². The summed E-state index contributed by atoms with van der Waals surface area (Å²) in [6, 6.07) is 0. The molecule has 0 radical (unpaired) electrons. The predicted molar refractivity (Wildman–Crippen MR) is 80.5 cm³/mol. The number of amides is 1. The van der Waals surface area contributed by atoms with Crippen molar-refractivity contribution in [3.8, 4) is 0 Å². The average Bonchev–Trinajstić information content (AvgIpc) is 2.48. The number of aliphatic hydroxyl groups excluding tert-OH is 2. The summed E-state index contributed by atoms with van der Waals surface area (Å²) in [7, 11) is 0. The Morgan fingerprint density at radius 2 is 1.71 bits per heavy atom. The van der Waals surface area contributed by atoms with Gasteiger partial charge in [0.25, 0.3) is 0 Å². The Hall–Kier alpha value is -1.35. The molecular weight excluding hydrogens is 278 g/mol. The standard InChI is InChI=1S/C5H7NO2.C5H11NO2.C2H7NO.CH4/c7-4-1-2-5(8)6-3-4;6-4-5(8)2-1-3-7;3-1-2-4;/h1-3H2,(H,6,8);7H,1-4,6H2;4H,1-3H2;1H4. The molecule has 126 valence electrons. The summed E-state index contributed by atoms with van der Waals surface area (Å²) in [5, 5.41) is 18.4. The Bertz CT molecular complexity index is 255. The molecule has 1 amide bonds. The van der Waals surface area contributed by atoms with Crippen LogP contribution in [-0.4, -0.2) is 60.5 Å². The van der Waals surface area contributed by atoms with Crippen molar-refractivity contribution in [3.63, 3.8) is 0 Å². The second-order valence-electron chi connectivity index (χ2n) is 3.90. The van der Waals surface area contributed by atoms with Gasteiger partial charge < -0.3 is 27.0 Å². The fourth-order valence-electron chi connectivity index (χ4n) is 1.01. The Balaban J connectivity index is -0.000000239. The molecule has 21 heavy (non-hydrogen) atoms. The van der Waals surface area contributed by atoms with E-state index in [0.29, 0.717) is 32.2 Å². The number of Topliss-reactive ketones (excluding diaryl/α,β-unsaturated/α-hetero) is 2. The Kier molecular flexibility index (Phi) is 21.9. The van der Waals surface area contributed by atoms with Crippen molar-refractivity contribution in [1.82, 2.24) is 5.32 Å². The lowest BCUT2D eigenvalue weighted by Crippen LogP contribution is -2.34. The fourth-order valence-corrected chi connectivity index (χ4v) is 1.01. The van der Waals surface area contributed by atoms with Crippen molar-refractivity contribution in [2.75, 3.05) is 32.8 Å². The molecule has 8 heteroatoms. The van der Waals surface area contributed by atoms with Gasteiger partial charge in [-0.3, -0.25) is 14.4 Å². The van der Waals surface area contributed by atoms with Gasteiger partial charge in [0.15, 0.2) is 5.78 Å². The van der Waals surface area contributed by atoms with Crippen LogP contribution in [0.3, 0.4) is 0 Å². The highest BCUT2D eigenvalue weighted by atomic mass is 16.3. The van der Waals surface area contributed by atoms with Crippen molar-refractivity contribution >= 4 is 17.5 Å². The molecule has 0 saturated carbocycles. The highest BCUT2D eigenvalue weighted by Crippen LogP contribution is 1.95. The Morgan fingerprint density at radius 3 is 2.00 bits per heavy atom. The molecule has 1 fully saturated rings. The molecule has 0 aromatic carbocycles. The van der Waals surface area contributed by atoms with Crippen molar-refractivity contribution < 1.29 is 24.6 Å². The molecule has 8 nitrogen and oxygen atoms in total. The van der Waals surface area contributed by atoms with Crippen molar-refractivity contribution in [2.45, 2.75) is 33.1 Å². The zero-order chi connectivity index (χ0) is 15.8. The van der Waals surface area contributed by atoms with Gasteiger partial charge in [0.1, 0.15) is 5.78 Å². The first-order valence-electron chi connectivity index (χ1n) is 6.43. The van der Waals surface area contributed by atoms with E-state index in [-0.39, 0.29) is 51.2 Å². The summed E-state index contributed by atoms with van der Waals surface area (Å²) in [4.78, 5) is 31.1. The Morgan fingerprint density at radius 1 is 1.14 bits per heavy atom. The lowest BCUT2D eigenvalue weighted by molar-refractivity contribution is -0.129. The van der Waals surface area contributed by atoms with E-state index in [9.17, 15) is 14.4 Å². The van der Waals surface area contributed by atoms with Crippen LogP contribution in [0.5, 0.6) is 0 Å². The van der Waals surface area contributed by atoms with Gasteiger partial charge in [0, 0.05) is 32.4 Å². The largest absolute Gasteiger partial charge is 0.396 e. The van der Waals surface area contributed by atoms with E-state index in [2.05, 4.69) is 5.32 Å². The lowest BCUT2D eigenvalue weighted by atomic mass is 10.1. The third-order valence-corrected chi connectivity index (χ3v) is 2.08. The van der Waals surface area contributed by atoms with Crippen LogP contribution in [0.4, 0.5) is 0 Å². The van der Waals surface area contributed by atoms with Gasteiger partial charge in [-0.15, -0.1) is 0 Å². The second-order valence-corrected chi connectivity index (χ2v) is 3.90. The summed E-state index contributed by atoms with van der Waals surface area (Å²) < 4.78 is 0. The number of carbonyl (C=O) groups excluding carboxylic acids is 3. The number of nitrogens with one attached hydrogen (secondary N) is 1. The number of piperidine rings is 1. The van der Waals surface area contributed by atoms with E-state index in [1.807, 2.05) is 0 Å². The summed E-state index contributed by atoms with van der Waals surface area (Å²) in [6.45, 7) is 0.880. The minimum Gasteiger partial charge on any atom is -0.396 e. The predicted octanol–water partition coefficient (Wildman–Crippen LogP) is -1.67. The summed E-state index contributed by atoms with van der Waals surface area (Å²) in [5.41, 5.74) is 9.76. The Labute approximate surface area is 125 Å². The topological polar surface area (TPSA) is 156 Å². The summed E-state index contributed by atoms with van der Waals surface area (Å²) in [6.07, 6.45) is 1.74. The maximum absolute atomic E-state index is 10.4. The van der Waals surface area contributed by atoms with Crippen LogP contribution in [0.2, 0.25) is 0 Å². The van der Waals surface area contributed by atoms with Crippen LogP contribution in [0.25, 0.3) is 0 Å². The molecule has 1 aliphatic heterocycles. The molecule has 0 bridgehead atoms. The van der Waals surface area contributed by atoms with Crippen molar-refractivity contribution in [3.05, 3.63) is 0 Å². The highest BCUT2D eigenvalue weighted by Gasteiger charge is 2.12. The van der Waals surface area contributed by atoms with E-state index in [0.717, 1.165) is 0 Å². The maximum Gasteiger partial charge on any atom is 0.220 e. The number of nitrogens with two attached hydrogens (primary N) is 2. The van der Waals surface area contributed by atoms with Gasteiger partial charge in [0.05, 0.1) is 19.7 Å². The van der Waals surface area contributed by atoms with Gasteiger partial charge in [-0.25, -0.2) is 0 Å². The average molecular weight is 307 g/mol. The minimum atomic E-state index is -0.00963. The van der Waals surface area contributed by atoms with Gasteiger partial charge in [-0.1, -0.05) is 7.43 Å². The molecule has 0 aromatic heterocycles. The summed E-state index contributed by atoms with van der Waals surface area (Å²) in [5.74, 6) is 0.133. The van der Waals surface area contributed by atoms with E-state index >= 15 is 0 Å².